The van der Waals surface area contributed by atoms with E-state index in [4.69, 9.17) is 5.11 Å². The van der Waals surface area contributed by atoms with Gasteiger partial charge in [0.25, 0.3) is 0 Å². The Morgan fingerprint density at radius 1 is 1.37 bits per heavy atom. The first-order valence-electron chi connectivity index (χ1n) is 6.92. The molecule has 0 aliphatic carbocycles. The number of likely N-dealkylation sites (tertiary alicyclic amines) is 1. The molecule has 6 heteroatoms. The second kappa shape index (κ2) is 7.33. The molecule has 0 aromatic carbocycles. The molecule has 0 aromatic rings. The van der Waals surface area contributed by atoms with Gasteiger partial charge < -0.3 is 20.4 Å². The number of carboxylic acids is 1. The third kappa shape index (κ3) is 4.70. The summed E-state index contributed by atoms with van der Waals surface area (Å²) >= 11 is 0. The lowest BCUT2D eigenvalue weighted by atomic mass is 9.92. The summed E-state index contributed by atoms with van der Waals surface area (Å²) in [5.74, 6) is -0.760. The van der Waals surface area contributed by atoms with Gasteiger partial charge in [0, 0.05) is 13.1 Å². The maximum absolute atomic E-state index is 12.0. The van der Waals surface area contributed by atoms with E-state index in [1.807, 2.05) is 6.92 Å². The van der Waals surface area contributed by atoms with Gasteiger partial charge in [0.1, 0.15) is 6.04 Å². The summed E-state index contributed by atoms with van der Waals surface area (Å²) in [6.45, 7) is 4.79. The number of amides is 2. The molecule has 1 rings (SSSR count). The van der Waals surface area contributed by atoms with Crippen molar-refractivity contribution in [1.29, 1.82) is 0 Å². The molecule has 6 nitrogen and oxygen atoms in total. The normalized spacial score (nSPS) is 19.8. The van der Waals surface area contributed by atoms with Gasteiger partial charge in [-0.05, 0) is 32.1 Å². The standard InChI is InChI=1S/C13H24N2O4/c1-3-4-11(12(17)18)14-13(19)15-7-5-10(6-8-15)9(2)16/h9-11,16H,3-8H2,1-2H3,(H,14,19)(H,17,18)/t9?,11-/m1/s1. The van der Waals surface area contributed by atoms with Crippen LogP contribution in [-0.2, 0) is 4.79 Å². The minimum Gasteiger partial charge on any atom is -0.480 e. The van der Waals surface area contributed by atoms with Gasteiger partial charge in [-0.25, -0.2) is 9.59 Å². The number of piperidine rings is 1. The first-order chi connectivity index (χ1) is 8.95. The SMILES string of the molecule is CCC[C@@H](NC(=O)N1CCC(C(C)O)CC1)C(=O)O. The second-order valence-electron chi connectivity index (χ2n) is 5.19. The van der Waals surface area contributed by atoms with E-state index in [9.17, 15) is 14.7 Å². The molecule has 110 valence electrons. The number of carbonyl (C=O) groups is 2. The molecule has 1 aliphatic rings. The zero-order valence-corrected chi connectivity index (χ0v) is 11.6. The number of carbonyl (C=O) groups excluding carboxylic acids is 1. The lowest BCUT2D eigenvalue weighted by molar-refractivity contribution is -0.139. The lowest BCUT2D eigenvalue weighted by Gasteiger charge is -2.33. The second-order valence-corrected chi connectivity index (χ2v) is 5.19. The van der Waals surface area contributed by atoms with Gasteiger partial charge in [-0.15, -0.1) is 0 Å². The highest BCUT2D eigenvalue weighted by molar-refractivity contribution is 5.82. The number of urea groups is 1. The lowest BCUT2D eigenvalue weighted by Crippen LogP contribution is -2.50. The number of carboxylic acid groups (broad SMARTS) is 1. The molecule has 0 radical (unpaired) electrons. The van der Waals surface area contributed by atoms with Crippen LogP contribution in [0.3, 0.4) is 0 Å². The predicted molar refractivity (Wildman–Crippen MR) is 70.8 cm³/mol. The quantitative estimate of drug-likeness (QED) is 0.697. The molecule has 1 fully saturated rings. The van der Waals surface area contributed by atoms with Gasteiger partial charge in [-0.2, -0.15) is 0 Å². The summed E-state index contributed by atoms with van der Waals surface area (Å²) in [5.41, 5.74) is 0. The maximum Gasteiger partial charge on any atom is 0.326 e. The molecule has 2 amide bonds. The number of hydrogen-bond acceptors (Lipinski definition) is 3. The smallest absolute Gasteiger partial charge is 0.326 e. The zero-order valence-electron chi connectivity index (χ0n) is 11.6. The highest BCUT2D eigenvalue weighted by Crippen LogP contribution is 2.20. The number of hydrogen-bond donors (Lipinski definition) is 3. The van der Waals surface area contributed by atoms with Gasteiger partial charge >= 0.3 is 12.0 Å². The van der Waals surface area contributed by atoms with E-state index in [-0.39, 0.29) is 18.1 Å². The number of nitrogens with zero attached hydrogens (tertiary/aromatic N) is 1. The number of rotatable bonds is 5. The Balaban J connectivity index is 2.44. The van der Waals surface area contributed by atoms with Crippen molar-refractivity contribution in [2.75, 3.05) is 13.1 Å². The molecule has 19 heavy (non-hydrogen) atoms. The van der Waals surface area contributed by atoms with Crippen molar-refractivity contribution in [3.63, 3.8) is 0 Å². The van der Waals surface area contributed by atoms with Crippen LogP contribution in [0.25, 0.3) is 0 Å². The Hall–Kier alpha value is -1.30. The van der Waals surface area contributed by atoms with Crippen molar-refractivity contribution in [3.8, 4) is 0 Å². The van der Waals surface area contributed by atoms with E-state index in [1.165, 1.54) is 0 Å². The molecule has 0 aromatic heterocycles. The molecule has 0 bridgehead atoms. The maximum atomic E-state index is 12.0. The molecular formula is C13H24N2O4. The fourth-order valence-electron chi connectivity index (χ4n) is 2.37. The summed E-state index contributed by atoms with van der Waals surface area (Å²) in [7, 11) is 0. The van der Waals surface area contributed by atoms with Crippen molar-refractivity contribution in [2.45, 2.75) is 51.7 Å². The zero-order chi connectivity index (χ0) is 14.4. The van der Waals surface area contributed by atoms with Gasteiger partial charge in [0.2, 0.25) is 0 Å². The van der Waals surface area contributed by atoms with Crippen LogP contribution >= 0.6 is 0 Å². The topological polar surface area (TPSA) is 89.9 Å². The summed E-state index contributed by atoms with van der Waals surface area (Å²) in [4.78, 5) is 24.6. The molecule has 3 N–H and O–H groups in total. The van der Waals surface area contributed by atoms with E-state index in [2.05, 4.69) is 5.32 Å². The first-order valence-corrected chi connectivity index (χ1v) is 6.92. The fraction of sp³-hybridized carbons (Fsp3) is 0.846. The average molecular weight is 272 g/mol. The Kier molecular flexibility index (Phi) is 6.08. The third-order valence-electron chi connectivity index (χ3n) is 3.68. The summed E-state index contributed by atoms with van der Waals surface area (Å²) in [6, 6.07) is -1.13. The average Bonchev–Trinajstić information content (AvgIpc) is 2.38. The Morgan fingerprint density at radius 2 is 1.95 bits per heavy atom. The van der Waals surface area contributed by atoms with Crippen molar-refractivity contribution in [1.82, 2.24) is 10.2 Å². The minimum atomic E-state index is -0.992. The highest BCUT2D eigenvalue weighted by atomic mass is 16.4. The first kappa shape index (κ1) is 15.8. The predicted octanol–water partition coefficient (Wildman–Crippen LogP) is 1.04. The summed E-state index contributed by atoms with van der Waals surface area (Å²) in [6.07, 6.45) is 2.32. The summed E-state index contributed by atoms with van der Waals surface area (Å²) in [5, 5.41) is 21.0. The van der Waals surface area contributed by atoms with Gasteiger partial charge in [-0.3, -0.25) is 0 Å². The van der Waals surface area contributed by atoms with E-state index >= 15 is 0 Å². The molecule has 1 heterocycles. The van der Waals surface area contributed by atoms with E-state index in [1.54, 1.807) is 11.8 Å². The molecule has 1 unspecified atom stereocenters. The number of aliphatic hydroxyl groups excluding tert-OH is 1. The van der Waals surface area contributed by atoms with Gasteiger partial charge in [0.15, 0.2) is 0 Å². The largest absolute Gasteiger partial charge is 0.480 e. The van der Waals surface area contributed by atoms with Crippen molar-refractivity contribution < 1.29 is 19.8 Å². The van der Waals surface area contributed by atoms with Crippen LogP contribution in [0.5, 0.6) is 0 Å². The van der Waals surface area contributed by atoms with Crippen molar-refractivity contribution in [3.05, 3.63) is 0 Å². The van der Waals surface area contributed by atoms with Crippen molar-refractivity contribution >= 4 is 12.0 Å². The Morgan fingerprint density at radius 3 is 2.37 bits per heavy atom. The van der Waals surface area contributed by atoms with Crippen LogP contribution in [-0.4, -0.2) is 52.3 Å². The van der Waals surface area contributed by atoms with Gasteiger partial charge in [0.05, 0.1) is 6.10 Å². The van der Waals surface area contributed by atoms with Crippen LogP contribution in [0.4, 0.5) is 4.79 Å². The molecule has 1 saturated heterocycles. The molecule has 0 saturated carbocycles. The molecule has 0 spiro atoms. The van der Waals surface area contributed by atoms with Crippen LogP contribution in [0.1, 0.15) is 39.5 Å². The highest BCUT2D eigenvalue weighted by Gasteiger charge is 2.27. The van der Waals surface area contributed by atoms with Crippen molar-refractivity contribution in [2.24, 2.45) is 5.92 Å². The molecular weight excluding hydrogens is 248 g/mol. The van der Waals surface area contributed by atoms with Crippen LogP contribution in [0, 0.1) is 5.92 Å². The number of aliphatic hydroxyl groups is 1. The minimum absolute atomic E-state index is 0.231. The fourth-order valence-corrected chi connectivity index (χ4v) is 2.37. The number of aliphatic carboxylic acids is 1. The molecule has 2 atom stereocenters. The Labute approximate surface area is 113 Å². The monoisotopic (exact) mass is 272 g/mol. The molecule has 1 aliphatic heterocycles. The van der Waals surface area contributed by atoms with Crippen LogP contribution in [0.2, 0.25) is 0 Å². The van der Waals surface area contributed by atoms with Crippen LogP contribution < -0.4 is 5.32 Å². The summed E-state index contributed by atoms with van der Waals surface area (Å²) < 4.78 is 0. The van der Waals surface area contributed by atoms with E-state index in [0.717, 1.165) is 12.8 Å². The van der Waals surface area contributed by atoms with E-state index in [0.29, 0.717) is 25.9 Å². The van der Waals surface area contributed by atoms with E-state index < -0.39 is 12.0 Å². The van der Waals surface area contributed by atoms with Gasteiger partial charge in [-0.1, -0.05) is 13.3 Å². The third-order valence-corrected chi connectivity index (χ3v) is 3.68. The number of nitrogens with one attached hydrogen (secondary N) is 1. The van der Waals surface area contributed by atoms with Crippen LogP contribution in [0.15, 0.2) is 0 Å². The Bertz CT molecular complexity index is 312.